The fourth-order valence-electron chi connectivity index (χ4n) is 1.08. The summed E-state index contributed by atoms with van der Waals surface area (Å²) in [4.78, 5) is 0. The summed E-state index contributed by atoms with van der Waals surface area (Å²) < 4.78 is 4.88. The molecule has 4 N–H and O–H groups in total. The molecule has 0 amide bonds. The third kappa shape index (κ3) is 1.73. The predicted octanol–water partition coefficient (Wildman–Crippen LogP) is -2.28. The highest BCUT2D eigenvalue weighted by Gasteiger charge is 2.41. The zero-order valence-corrected chi connectivity index (χ0v) is 7.13. The second-order valence-electron chi connectivity index (χ2n) is 2.72. The number of aliphatic hydroxyl groups is 4. The van der Waals surface area contributed by atoms with Crippen molar-refractivity contribution in [2.75, 3.05) is 6.61 Å². The van der Waals surface area contributed by atoms with E-state index in [1.54, 1.807) is 0 Å². The van der Waals surface area contributed by atoms with Crippen molar-refractivity contribution in [1.29, 1.82) is 0 Å². The van der Waals surface area contributed by atoms with E-state index in [2.05, 4.69) is 12.6 Å². The van der Waals surface area contributed by atoms with Crippen LogP contribution in [0.15, 0.2) is 0 Å². The maximum atomic E-state index is 9.20. The lowest BCUT2D eigenvalue weighted by Crippen LogP contribution is -2.56. The van der Waals surface area contributed by atoms with Crippen molar-refractivity contribution in [3.05, 3.63) is 0 Å². The van der Waals surface area contributed by atoms with Gasteiger partial charge in [0, 0.05) is 0 Å². The summed E-state index contributed by atoms with van der Waals surface area (Å²) in [5.41, 5.74) is -0.874. The number of rotatable bonds is 1. The van der Waals surface area contributed by atoms with Crippen LogP contribution in [0.2, 0.25) is 0 Å². The van der Waals surface area contributed by atoms with Crippen LogP contribution in [0.5, 0.6) is 0 Å². The first-order chi connectivity index (χ1) is 5.57. The first-order valence-electron chi connectivity index (χ1n) is 3.56. The number of ether oxygens (including phenoxy) is 1. The molecule has 0 bridgehead atoms. The van der Waals surface area contributed by atoms with Crippen LogP contribution >= 0.6 is 12.6 Å². The van der Waals surface area contributed by atoms with E-state index in [9.17, 15) is 10.2 Å². The Labute approximate surface area is 75.0 Å². The van der Waals surface area contributed by atoms with Crippen molar-refractivity contribution in [3.63, 3.8) is 0 Å². The lowest BCUT2D eigenvalue weighted by atomic mass is 10.0. The number of aliphatic hydroxyl groups excluding tert-OH is 4. The molecule has 0 spiro atoms. The van der Waals surface area contributed by atoms with E-state index in [0.29, 0.717) is 0 Å². The van der Waals surface area contributed by atoms with Gasteiger partial charge in [-0.15, -0.1) is 12.6 Å². The van der Waals surface area contributed by atoms with E-state index in [-0.39, 0.29) is 0 Å². The van der Waals surface area contributed by atoms with E-state index < -0.39 is 36.5 Å². The monoisotopic (exact) mass is 196 g/mol. The van der Waals surface area contributed by atoms with Crippen molar-refractivity contribution < 1.29 is 25.2 Å². The average molecular weight is 196 g/mol. The Morgan fingerprint density at radius 1 is 1.08 bits per heavy atom. The molecule has 0 unspecified atom stereocenters. The van der Waals surface area contributed by atoms with E-state index in [1.807, 2.05) is 0 Å². The van der Waals surface area contributed by atoms with Gasteiger partial charge in [-0.1, -0.05) is 0 Å². The highest BCUT2D eigenvalue weighted by Crippen LogP contribution is 2.22. The van der Waals surface area contributed by atoms with Crippen molar-refractivity contribution >= 4 is 12.6 Å². The Balaban J connectivity index is 2.63. The quantitative estimate of drug-likeness (QED) is 0.305. The molecule has 12 heavy (non-hydrogen) atoms. The van der Waals surface area contributed by atoms with Crippen LogP contribution in [0.4, 0.5) is 0 Å². The summed E-state index contributed by atoms with van der Waals surface area (Å²) in [7, 11) is 0. The van der Waals surface area contributed by atoms with E-state index in [1.165, 1.54) is 0 Å². The Bertz CT molecular complexity index is 150. The lowest BCUT2D eigenvalue weighted by molar-refractivity contribution is -0.205. The molecule has 1 fully saturated rings. The first-order valence-corrected chi connectivity index (χ1v) is 4.08. The molecule has 72 valence electrons. The summed E-state index contributed by atoms with van der Waals surface area (Å²) in [6.07, 6.45) is -4.70. The van der Waals surface area contributed by atoms with Gasteiger partial charge in [-0.25, -0.2) is 0 Å². The second-order valence-corrected chi connectivity index (χ2v) is 3.23. The topological polar surface area (TPSA) is 90.2 Å². The van der Waals surface area contributed by atoms with Gasteiger partial charge < -0.3 is 25.2 Å². The van der Waals surface area contributed by atoms with Gasteiger partial charge >= 0.3 is 0 Å². The number of hydrogen-bond donors (Lipinski definition) is 5. The normalized spacial score (nSPS) is 49.2. The Morgan fingerprint density at radius 2 is 1.67 bits per heavy atom. The van der Waals surface area contributed by atoms with Gasteiger partial charge in [0.25, 0.3) is 0 Å². The summed E-state index contributed by atoms with van der Waals surface area (Å²) in [6, 6.07) is 0. The lowest BCUT2D eigenvalue weighted by Gasteiger charge is -2.37. The zero-order valence-electron chi connectivity index (χ0n) is 6.24. The molecule has 0 aromatic rings. The maximum Gasteiger partial charge on any atom is 0.129 e. The fraction of sp³-hybridized carbons (Fsp3) is 1.00. The molecule has 0 aromatic heterocycles. The molecule has 0 radical (unpaired) electrons. The predicted molar refractivity (Wildman–Crippen MR) is 42.8 cm³/mol. The fourth-order valence-corrected chi connectivity index (χ4v) is 1.41. The highest BCUT2D eigenvalue weighted by atomic mass is 32.1. The Kier molecular flexibility index (Phi) is 3.33. The van der Waals surface area contributed by atoms with Crippen molar-refractivity contribution in [1.82, 2.24) is 0 Å². The summed E-state index contributed by atoms with van der Waals surface area (Å²) >= 11 is 3.81. The second kappa shape index (κ2) is 3.91. The molecular weight excluding hydrogens is 184 g/mol. The highest BCUT2D eigenvalue weighted by molar-refractivity contribution is 7.80. The molecule has 1 heterocycles. The first kappa shape index (κ1) is 10.2. The molecule has 1 aliphatic heterocycles. The Morgan fingerprint density at radius 3 is 2.17 bits per heavy atom. The van der Waals surface area contributed by atoms with Gasteiger partial charge in [-0.2, -0.15) is 0 Å². The molecule has 0 aliphatic carbocycles. The van der Waals surface area contributed by atoms with Gasteiger partial charge in [0.2, 0.25) is 0 Å². The molecule has 6 heteroatoms. The molecular formula is C6H12O5S. The van der Waals surface area contributed by atoms with Gasteiger partial charge in [0.05, 0.1) is 6.61 Å². The summed E-state index contributed by atoms with van der Waals surface area (Å²) in [5.74, 6) is 0. The molecule has 0 saturated carbocycles. The van der Waals surface area contributed by atoms with Crippen LogP contribution in [0.3, 0.4) is 0 Å². The van der Waals surface area contributed by atoms with Crippen LogP contribution in [0.25, 0.3) is 0 Å². The Hall–Kier alpha value is 0.150. The van der Waals surface area contributed by atoms with Gasteiger partial charge in [-0.3, -0.25) is 0 Å². The third-order valence-corrected chi connectivity index (χ3v) is 2.29. The van der Waals surface area contributed by atoms with Crippen molar-refractivity contribution in [2.24, 2.45) is 0 Å². The molecule has 5 atom stereocenters. The standard InChI is InChI=1S/C6H12O5S/c7-1-2-3(8)4(9)5(10)6(12)11-2/h2-10,12H,1H2/t2-,3+,4+,5-,6+/m0/s1. The van der Waals surface area contributed by atoms with Crippen LogP contribution in [-0.2, 0) is 4.74 Å². The minimum absolute atomic E-state index is 0.415. The maximum absolute atomic E-state index is 9.20. The van der Waals surface area contributed by atoms with Crippen LogP contribution in [0.1, 0.15) is 0 Å². The van der Waals surface area contributed by atoms with Gasteiger partial charge in [0.15, 0.2) is 0 Å². The van der Waals surface area contributed by atoms with Crippen molar-refractivity contribution in [2.45, 2.75) is 29.9 Å². The van der Waals surface area contributed by atoms with Gasteiger partial charge in [0.1, 0.15) is 29.9 Å². The average Bonchev–Trinajstić information content (AvgIpc) is 2.08. The molecule has 1 aliphatic rings. The van der Waals surface area contributed by atoms with Crippen LogP contribution in [-0.4, -0.2) is 56.9 Å². The molecule has 1 saturated heterocycles. The summed E-state index contributed by atoms with van der Waals surface area (Å²) in [6.45, 7) is -0.415. The minimum atomic E-state index is -1.32. The van der Waals surface area contributed by atoms with Crippen LogP contribution in [0, 0.1) is 0 Å². The smallest absolute Gasteiger partial charge is 0.129 e. The largest absolute Gasteiger partial charge is 0.394 e. The number of thiol groups is 1. The molecule has 1 rings (SSSR count). The SMILES string of the molecule is OC[C@@H]1O[C@H](S)[C@@H](O)[C@H](O)[C@@H]1O. The van der Waals surface area contributed by atoms with E-state index in [0.717, 1.165) is 0 Å². The molecule has 5 nitrogen and oxygen atoms in total. The number of hydrogen-bond acceptors (Lipinski definition) is 6. The zero-order chi connectivity index (χ0) is 9.30. The summed E-state index contributed by atoms with van der Waals surface area (Å²) in [5, 5.41) is 36.2. The third-order valence-electron chi connectivity index (χ3n) is 1.87. The van der Waals surface area contributed by atoms with Crippen molar-refractivity contribution in [3.8, 4) is 0 Å². The van der Waals surface area contributed by atoms with E-state index in [4.69, 9.17) is 14.9 Å². The van der Waals surface area contributed by atoms with E-state index >= 15 is 0 Å². The minimum Gasteiger partial charge on any atom is -0.394 e. The van der Waals surface area contributed by atoms with Gasteiger partial charge in [-0.05, 0) is 0 Å². The molecule has 0 aromatic carbocycles. The van der Waals surface area contributed by atoms with Crippen LogP contribution < -0.4 is 0 Å².